The third kappa shape index (κ3) is 2.78. The molecule has 1 aromatic rings. The number of thiocarbonyl (C=S) groups is 1. The van der Waals surface area contributed by atoms with Crippen LogP contribution in [0, 0.1) is 0 Å². The molecule has 1 aliphatic rings. The van der Waals surface area contributed by atoms with Crippen LogP contribution in [-0.4, -0.2) is 23.3 Å². The predicted molar refractivity (Wildman–Crippen MR) is 82.1 cm³/mol. The molecule has 1 heterocycles. The number of phenolic OH excluding ortho intramolecular Hbond substituents is 1. The number of phenols is 1. The molecule has 3 N–H and O–H groups in total. The van der Waals surface area contributed by atoms with E-state index in [-0.39, 0.29) is 5.75 Å². The number of carbonyl (C=O) groups excluding carboxylic acids is 1. The third-order valence-corrected chi connectivity index (χ3v) is 3.91. The van der Waals surface area contributed by atoms with Crippen LogP contribution in [0.25, 0.3) is 0 Å². The number of allylic oxidation sites excluding steroid dienone is 1. The first-order chi connectivity index (χ1) is 9.43. The third-order valence-electron chi connectivity index (χ3n) is 2.97. The maximum absolute atomic E-state index is 12.0. The summed E-state index contributed by atoms with van der Waals surface area (Å²) >= 11 is 8.54. The van der Waals surface area contributed by atoms with Crippen molar-refractivity contribution in [3.8, 4) is 5.75 Å². The summed E-state index contributed by atoms with van der Waals surface area (Å²) in [6.45, 7) is 1.75. The van der Waals surface area contributed by atoms with E-state index in [0.29, 0.717) is 21.9 Å². The topological polar surface area (TPSA) is 70.6 Å². The highest BCUT2D eigenvalue weighted by Crippen LogP contribution is 2.34. The molecule has 0 bridgehead atoms. The Morgan fingerprint density at radius 2 is 2.20 bits per heavy atom. The fraction of sp³-hybridized carbons (Fsp3) is 0.231. The van der Waals surface area contributed by atoms with E-state index in [0.717, 1.165) is 4.47 Å². The molecule has 5 nitrogen and oxygen atoms in total. The minimum Gasteiger partial charge on any atom is -0.508 e. The van der Waals surface area contributed by atoms with E-state index in [4.69, 9.17) is 17.0 Å². The van der Waals surface area contributed by atoms with Crippen LogP contribution < -0.4 is 10.6 Å². The van der Waals surface area contributed by atoms with Gasteiger partial charge in [0.05, 0.1) is 18.7 Å². The molecule has 0 amide bonds. The summed E-state index contributed by atoms with van der Waals surface area (Å²) < 4.78 is 5.58. The van der Waals surface area contributed by atoms with Crippen LogP contribution in [0.1, 0.15) is 18.5 Å². The SMILES string of the molecule is COC(=O)C1=C(C)NC(=S)N[C@H]1c1cc(O)ccc1Br. The molecule has 0 aromatic heterocycles. The van der Waals surface area contributed by atoms with Crippen molar-refractivity contribution < 1.29 is 14.6 Å². The van der Waals surface area contributed by atoms with Gasteiger partial charge in [0.2, 0.25) is 0 Å². The molecule has 0 spiro atoms. The summed E-state index contributed by atoms with van der Waals surface area (Å²) in [4.78, 5) is 12.0. The zero-order chi connectivity index (χ0) is 14.9. The van der Waals surface area contributed by atoms with Crippen molar-refractivity contribution in [2.75, 3.05) is 7.11 Å². The number of nitrogens with one attached hydrogen (secondary N) is 2. The minimum atomic E-state index is -0.488. The number of hydrogen-bond acceptors (Lipinski definition) is 4. The number of aromatic hydroxyl groups is 1. The second-order valence-corrected chi connectivity index (χ2v) is 5.53. The van der Waals surface area contributed by atoms with Gasteiger partial charge in [0.1, 0.15) is 5.75 Å². The van der Waals surface area contributed by atoms with Crippen LogP contribution >= 0.6 is 28.1 Å². The van der Waals surface area contributed by atoms with Gasteiger partial charge in [-0.2, -0.15) is 0 Å². The lowest BCUT2D eigenvalue weighted by atomic mass is 9.95. The van der Waals surface area contributed by atoms with Gasteiger partial charge in [0, 0.05) is 10.2 Å². The molecule has 2 rings (SSSR count). The van der Waals surface area contributed by atoms with Crippen molar-refractivity contribution in [3.05, 3.63) is 39.5 Å². The van der Waals surface area contributed by atoms with Crippen LogP contribution in [0.15, 0.2) is 33.9 Å². The fourth-order valence-corrected chi connectivity index (χ4v) is 2.81. The number of hydrogen-bond donors (Lipinski definition) is 3. The fourth-order valence-electron chi connectivity index (χ4n) is 2.06. The summed E-state index contributed by atoms with van der Waals surface area (Å²) in [7, 11) is 1.32. The van der Waals surface area contributed by atoms with Crippen molar-refractivity contribution in [2.24, 2.45) is 0 Å². The molecule has 0 saturated heterocycles. The van der Waals surface area contributed by atoms with E-state index in [1.165, 1.54) is 7.11 Å². The highest BCUT2D eigenvalue weighted by Gasteiger charge is 2.31. The lowest BCUT2D eigenvalue weighted by Gasteiger charge is -2.30. The molecule has 7 heteroatoms. The molecule has 1 atom stereocenters. The van der Waals surface area contributed by atoms with Crippen molar-refractivity contribution in [3.63, 3.8) is 0 Å². The van der Waals surface area contributed by atoms with Crippen LogP contribution in [-0.2, 0) is 9.53 Å². The summed E-state index contributed by atoms with van der Waals surface area (Å²) in [6, 6.07) is 4.35. The van der Waals surface area contributed by atoms with Gasteiger partial charge in [-0.15, -0.1) is 0 Å². The monoisotopic (exact) mass is 356 g/mol. The minimum absolute atomic E-state index is 0.108. The first-order valence-electron chi connectivity index (χ1n) is 5.79. The van der Waals surface area contributed by atoms with Crippen LogP contribution in [0.4, 0.5) is 0 Å². The number of carbonyl (C=O) groups is 1. The Morgan fingerprint density at radius 1 is 1.50 bits per heavy atom. The molecule has 1 aromatic carbocycles. The van der Waals surface area contributed by atoms with Gasteiger partial charge < -0.3 is 20.5 Å². The Labute approximate surface area is 130 Å². The van der Waals surface area contributed by atoms with E-state index in [2.05, 4.69) is 26.6 Å². The molecule has 20 heavy (non-hydrogen) atoms. The lowest BCUT2D eigenvalue weighted by molar-refractivity contribution is -0.136. The summed E-state index contributed by atoms with van der Waals surface area (Å²) in [5.74, 6) is -0.346. The largest absolute Gasteiger partial charge is 0.508 e. The molecule has 0 fully saturated rings. The lowest BCUT2D eigenvalue weighted by Crippen LogP contribution is -2.45. The maximum Gasteiger partial charge on any atom is 0.337 e. The molecular weight excluding hydrogens is 344 g/mol. The molecule has 106 valence electrons. The average molecular weight is 357 g/mol. The van der Waals surface area contributed by atoms with E-state index in [1.807, 2.05) is 0 Å². The van der Waals surface area contributed by atoms with E-state index in [9.17, 15) is 9.90 Å². The Balaban J connectivity index is 2.56. The summed E-state index contributed by atoms with van der Waals surface area (Å²) in [6.07, 6.45) is 0. The highest BCUT2D eigenvalue weighted by molar-refractivity contribution is 9.10. The smallest absolute Gasteiger partial charge is 0.337 e. The van der Waals surface area contributed by atoms with Crippen molar-refractivity contribution in [1.82, 2.24) is 10.6 Å². The quantitative estimate of drug-likeness (QED) is 0.557. The second kappa shape index (κ2) is 5.80. The highest BCUT2D eigenvalue weighted by atomic mass is 79.9. The standard InChI is InChI=1S/C13H13BrN2O3S/c1-6-10(12(18)19-2)11(16-13(20)15-6)8-5-7(17)3-4-9(8)14/h3-5,11,17H,1-2H3,(H2,15,16,20)/t11-/m0/s1. The van der Waals surface area contributed by atoms with Crippen LogP contribution in [0.5, 0.6) is 5.75 Å². The predicted octanol–water partition coefficient (Wildman–Crippen LogP) is 2.12. The number of rotatable bonds is 2. The number of halogens is 1. The van der Waals surface area contributed by atoms with E-state index in [1.54, 1.807) is 25.1 Å². The zero-order valence-corrected chi connectivity index (χ0v) is 13.3. The Kier molecular flexibility index (Phi) is 4.29. The Morgan fingerprint density at radius 3 is 2.85 bits per heavy atom. The van der Waals surface area contributed by atoms with Crippen molar-refractivity contribution >= 4 is 39.2 Å². The van der Waals surface area contributed by atoms with Gasteiger partial charge in [-0.05, 0) is 42.9 Å². The summed E-state index contributed by atoms with van der Waals surface area (Å²) in [5, 5.41) is 16.0. The first-order valence-corrected chi connectivity index (χ1v) is 6.99. The first kappa shape index (κ1) is 14.8. The van der Waals surface area contributed by atoms with Gasteiger partial charge in [-0.3, -0.25) is 0 Å². The number of esters is 1. The molecule has 0 radical (unpaired) electrons. The van der Waals surface area contributed by atoms with Gasteiger partial charge in [-0.1, -0.05) is 15.9 Å². The number of methoxy groups -OCH3 is 1. The van der Waals surface area contributed by atoms with Crippen LogP contribution in [0.3, 0.4) is 0 Å². The van der Waals surface area contributed by atoms with Crippen molar-refractivity contribution in [2.45, 2.75) is 13.0 Å². The maximum atomic E-state index is 12.0. The molecule has 0 saturated carbocycles. The van der Waals surface area contributed by atoms with Crippen LogP contribution in [0.2, 0.25) is 0 Å². The Bertz CT molecular complexity index is 616. The number of benzene rings is 1. The van der Waals surface area contributed by atoms with Gasteiger partial charge >= 0.3 is 5.97 Å². The zero-order valence-electron chi connectivity index (χ0n) is 10.9. The molecule has 1 aliphatic heterocycles. The van der Waals surface area contributed by atoms with E-state index < -0.39 is 12.0 Å². The average Bonchev–Trinajstić information content (AvgIpc) is 2.40. The Hall–Kier alpha value is -1.60. The van der Waals surface area contributed by atoms with Crippen molar-refractivity contribution in [1.29, 1.82) is 0 Å². The number of ether oxygens (including phenoxy) is 1. The summed E-state index contributed by atoms with van der Waals surface area (Å²) in [5.41, 5.74) is 1.75. The molecular formula is C13H13BrN2O3S. The second-order valence-electron chi connectivity index (χ2n) is 4.27. The van der Waals surface area contributed by atoms with E-state index >= 15 is 0 Å². The van der Waals surface area contributed by atoms with Gasteiger partial charge in [0.25, 0.3) is 0 Å². The van der Waals surface area contributed by atoms with Gasteiger partial charge in [0.15, 0.2) is 5.11 Å². The van der Waals surface area contributed by atoms with Gasteiger partial charge in [-0.25, -0.2) is 4.79 Å². The molecule has 0 unspecified atom stereocenters. The molecule has 0 aliphatic carbocycles. The normalized spacial score (nSPS) is 18.4.